The lowest BCUT2D eigenvalue weighted by Crippen LogP contribution is -2.46. The van der Waals surface area contributed by atoms with E-state index < -0.39 is 0 Å². The van der Waals surface area contributed by atoms with Gasteiger partial charge in [0.05, 0.1) is 11.7 Å². The van der Waals surface area contributed by atoms with Crippen molar-refractivity contribution in [2.75, 3.05) is 38.5 Å². The van der Waals surface area contributed by atoms with Crippen molar-refractivity contribution in [1.82, 2.24) is 14.8 Å². The summed E-state index contributed by atoms with van der Waals surface area (Å²) in [6.45, 7) is 8.27. The van der Waals surface area contributed by atoms with Crippen LogP contribution >= 0.6 is 11.3 Å². The zero-order valence-corrected chi connectivity index (χ0v) is 18.6. The fourth-order valence-corrected chi connectivity index (χ4v) is 5.05. The van der Waals surface area contributed by atoms with E-state index in [-0.39, 0.29) is 11.9 Å². The van der Waals surface area contributed by atoms with E-state index in [0.717, 1.165) is 36.9 Å². The van der Waals surface area contributed by atoms with Crippen molar-refractivity contribution in [3.05, 3.63) is 82.0 Å². The Morgan fingerprint density at radius 1 is 1.03 bits per heavy atom. The van der Waals surface area contributed by atoms with Crippen LogP contribution in [0.3, 0.4) is 0 Å². The molecular formula is C24H28N4OS. The summed E-state index contributed by atoms with van der Waals surface area (Å²) in [6.07, 6.45) is 1.86. The van der Waals surface area contributed by atoms with Crippen molar-refractivity contribution in [2.24, 2.45) is 0 Å². The van der Waals surface area contributed by atoms with Crippen LogP contribution in [0.5, 0.6) is 0 Å². The van der Waals surface area contributed by atoms with Gasteiger partial charge in [-0.3, -0.25) is 14.7 Å². The van der Waals surface area contributed by atoms with E-state index >= 15 is 0 Å². The highest BCUT2D eigenvalue weighted by Crippen LogP contribution is 2.42. The standard InChI is InChI=1S/C24H28N4OS/c1-17-18(2)30-24(26-23(29)19-9-5-4-6-10-19)21(17)22(20-11-7-8-12-25-20)28-15-13-27(3)14-16-28/h4-12,22H,13-16H2,1-3H3,(H,26,29)/t22-/m1/s1. The highest BCUT2D eigenvalue weighted by atomic mass is 32.1. The smallest absolute Gasteiger partial charge is 0.256 e. The average molecular weight is 421 g/mol. The number of rotatable bonds is 5. The van der Waals surface area contributed by atoms with Gasteiger partial charge in [-0.05, 0) is 50.7 Å². The van der Waals surface area contributed by atoms with Gasteiger partial charge in [-0.1, -0.05) is 24.3 Å². The van der Waals surface area contributed by atoms with Gasteiger partial charge in [0.1, 0.15) is 5.00 Å². The third-order valence-electron chi connectivity index (χ3n) is 5.84. The molecule has 0 aliphatic carbocycles. The number of benzene rings is 1. The molecule has 1 aliphatic rings. The molecule has 0 unspecified atom stereocenters. The Morgan fingerprint density at radius 2 is 1.73 bits per heavy atom. The number of carbonyl (C=O) groups excluding carboxylic acids is 1. The summed E-state index contributed by atoms with van der Waals surface area (Å²) >= 11 is 1.65. The van der Waals surface area contributed by atoms with Gasteiger partial charge in [0.2, 0.25) is 0 Å². The Kier molecular flexibility index (Phi) is 6.27. The van der Waals surface area contributed by atoms with Crippen LogP contribution in [0.4, 0.5) is 5.00 Å². The van der Waals surface area contributed by atoms with Crippen LogP contribution in [0.1, 0.15) is 38.1 Å². The number of anilines is 1. The maximum absolute atomic E-state index is 12.9. The Balaban J connectivity index is 1.74. The quantitative estimate of drug-likeness (QED) is 0.667. The van der Waals surface area contributed by atoms with Crippen LogP contribution < -0.4 is 5.32 Å². The summed E-state index contributed by atoms with van der Waals surface area (Å²) in [6, 6.07) is 15.5. The lowest BCUT2D eigenvalue weighted by atomic mass is 9.97. The highest BCUT2D eigenvalue weighted by Gasteiger charge is 2.31. The number of hydrogen-bond donors (Lipinski definition) is 1. The van der Waals surface area contributed by atoms with Crippen molar-refractivity contribution in [3.8, 4) is 0 Å². The minimum absolute atomic E-state index is 0.0240. The van der Waals surface area contributed by atoms with E-state index in [1.807, 2.05) is 48.7 Å². The number of hydrogen-bond acceptors (Lipinski definition) is 5. The van der Waals surface area contributed by atoms with Crippen molar-refractivity contribution < 1.29 is 4.79 Å². The molecule has 1 atom stereocenters. The molecule has 2 aromatic heterocycles. The molecule has 1 saturated heterocycles. The van der Waals surface area contributed by atoms with Crippen LogP contribution in [-0.4, -0.2) is 53.9 Å². The summed E-state index contributed by atoms with van der Waals surface area (Å²) in [5.74, 6) is -0.0729. The fourth-order valence-electron chi connectivity index (χ4n) is 3.97. The lowest BCUT2D eigenvalue weighted by molar-refractivity contribution is 0.102. The van der Waals surface area contributed by atoms with Crippen LogP contribution in [0.2, 0.25) is 0 Å². The van der Waals surface area contributed by atoms with Crippen LogP contribution in [0.15, 0.2) is 54.7 Å². The zero-order valence-electron chi connectivity index (χ0n) is 17.8. The van der Waals surface area contributed by atoms with Gasteiger partial charge < -0.3 is 10.2 Å². The number of aromatic nitrogens is 1. The van der Waals surface area contributed by atoms with Gasteiger partial charge in [-0.25, -0.2) is 0 Å². The largest absolute Gasteiger partial charge is 0.313 e. The van der Waals surface area contributed by atoms with Gasteiger partial charge in [0, 0.05) is 48.4 Å². The minimum Gasteiger partial charge on any atom is -0.313 e. The predicted octanol–water partition coefficient (Wildman–Crippen LogP) is 4.35. The van der Waals surface area contributed by atoms with Crippen molar-refractivity contribution in [2.45, 2.75) is 19.9 Å². The first-order chi connectivity index (χ1) is 14.5. The molecule has 1 aromatic carbocycles. The van der Waals surface area contributed by atoms with Crippen molar-refractivity contribution >= 4 is 22.2 Å². The number of likely N-dealkylation sites (N-methyl/N-ethyl adjacent to an activating group) is 1. The SMILES string of the molecule is Cc1sc(NC(=O)c2ccccc2)c([C@@H](c2ccccn2)N2CCN(C)CC2)c1C. The normalized spacial score (nSPS) is 16.4. The maximum atomic E-state index is 12.9. The third kappa shape index (κ3) is 4.31. The number of thiophene rings is 1. The van der Waals surface area contributed by atoms with E-state index in [0.29, 0.717) is 5.56 Å². The molecule has 1 amide bonds. The van der Waals surface area contributed by atoms with Gasteiger partial charge in [0.15, 0.2) is 0 Å². The topological polar surface area (TPSA) is 48.5 Å². The molecule has 0 saturated carbocycles. The van der Waals surface area contributed by atoms with Crippen molar-refractivity contribution in [3.63, 3.8) is 0 Å². The number of aryl methyl sites for hydroxylation is 1. The lowest BCUT2D eigenvalue weighted by Gasteiger charge is -2.38. The van der Waals surface area contributed by atoms with Crippen LogP contribution in [0.25, 0.3) is 0 Å². The predicted molar refractivity (Wildman–Crippen MR) is 123 cm³/mol. The monoisotopic (exact) mass is 420 g/mol. The summed E-state index contributed by atoms with van der Waals surface area (Å²) in [4.78, 5) is 23.7. The molecule has 1 aliphatic heterocycles. The fraction of sp³-hybridized carbons (Fsp3) is 0.333. The first-order valence-corrected chi connectivity index (χ1v) is 11.2. The van der Waals surface area contributed by atoms with E-state index in [1.165, 1.54) is 16.0 Å². The second kappa shape index (κ2) is 9.08. The van der Waals surface area contributed by atoms with Gasteiger partial charge in [0.25, 0.3) is 5.91 Å². The molecule has 3 heterocycles. The average Bonchev–Trinajstić information content (AvgIpc) is 3.04. The number of nitrogens with zero attached hydrogens (tertiary/aromatic N) is 3. The van der Waals surface area contributed by atoms with Gasteiger partial charge in [-0.2, -0.15) is 0 Å². The van der Waals surface area contributed by atoms with E-state index in [1.54, 1.807) is 11.3 Å². The number of carbonyl (C=O) groups is 1. The molecule has 6 heteroatoms. The Hall–Kier alpha value is -2.54. The molecule has 4 rings (SSSR count). The number of amides is 1. The second-order valence-electron chi connectivity index (χ2n) is 7.84. The molecule has 1 fully saturated rings. The Morgan fingerprint density at radius 3 is 2.40 bits per heavy atom. The molecule has 3 aromatic rings. The number of pyridine rings is 1. The minimum atomic E-state index is -0.0729. The first kappa shape index (κ1) is 20.7. The molecule has 0 bridgehead atoms. The summed E-state index contributed by atoms with van der Waals surface area (Å²) in [5.41, 5.74) is 4.10. The molecule has 0 spiro atoms. The molecule has 0 radical (unpaired) electrons. The molecule has 30 heavy (non-hydrogen) atoms. The van der Waals surface area contributed by atoms with Gasteiger partial charge >= 0.3 is 0 Å². The van der Waals surface area contributed by atoms with Gasteiger partial charge in [-0.15, -0.1) is 11.3 Å². The summed E-state index contributed by atoms with van der Waals surface area (Å²) in [7, 11) is 2.17. The van der Waals surface area contributed by atoms with E-state index in [9.17, 15) is 4.79 Å². The summed E-state index contributed by atoms with van der Waals surface area (Å²) in [5, 5.41) is 4.13. The third-order valence-corrected chi connectivity index (χ3v) is 6.98. The van der Waals surface area contributed by atoms with E-state index in [4.69, 9.17) is 4.98 Å². The molecule has 5 nitrogen and oxygen atoms in total. The molecular weight excluding hydrogens is 392 g/mol. The molecule has 156 valence electrons. The summed E-state index contributed by atoms with van der Waals surface area (Å²) < 4.78 is 0. The first-order valence-electron chi connectivity index (χ1n) is 10.3. The Labute approximate surface area is 182 Å². The van der Waals surface area contributed by atoms with Crippen LogP contribution in [0, 0.1) is 13.8 Å². The number of nitrogens with one attached hydrogen (secondary N) is 1. The van der Waals surface area contributed by atoms with E-state index in [2.05, 4.69) is 42.1 Å². The molecule has 1 N–H and O–H groups in total. The maximum Gasteiger partial charge on any atom is 0.256 e. The second-order valence-corrected chi connectivity index (χ2v) is 9.07. The van der Waals surface area contributed by atoms with Crippen LogP contribution in [-0.2, 0) is 0 Å². The Bertz CT molecular complexity index is 995. The zero-order chi connectivity index (χ0) is 21.1. The number of piperazine rings is 1. The van der Waals surface area contributed by atoms with Crippen molar-refractivity contribution in [1.29, 1.82) is 0 Å². The highest BCUT2D eigenvalue weighted by molar-refractivity contribution is 7.16.